The zero-order valence-electron chi connectivity index (χ0n) is 14.5. The van der Waals surface area contributed by atoms with Crippen LogP contribution in [0.1, 0.15) is 28.9 Å². The number of aryl methyl sites for hydroxylation is 2. The molecule has 6 nitrogen and oxygen atoms in total. The molecule has 0 aliphatic heterocycles. The van der Waals surface area contributed by atoms with Crippen LogP contribution in [0.15, 0.2) is 28.7 Å². The number of halogens is 1. The lowest BCUT2D eigenvalue weighted by Crippen LogP contribution is -2.14. The summed E-state index contributed by atoms with van der Waals surface area (Å²) < 4.78 is 24.0. The number of rotatable bonds is 4. The highest BCUT2D eigenvalue weighted by Gasteiger charge is 2.26. The molecule has 7 heteroatoms. The lowest BCUT2D eigenvalue weighted by molar-refractivity contribution is 0.0526. The molecule has 0 atom stereocenters. The van der Waals surface area contributed by atoms with Crippen molar-refractivity contribution in [2.45, 2.75) is 20.8 Å². The van der Waals surface area contributed by atoms with Gasteiger partial charge >= 0.3 is 5.97 Å². The highest BCUT2D eigenvalue weighted by Crippen LogP contribution is 2.34. The van der Waals surface area contributed by atoms with Crippen molar-refractivity contribution in [3.63, 3.8) is 0 Å². The zero-order chi connectivity index (χ0) is 18.1. The predicted molar refractivity (Wildman–Crippen MR) is 91.7 cm³/mol. The first-order chi connectivity index (χ1) is 11.9. The molecule has 25 heavy (non-hydrogen) atoms. The topological polar surface area (TPSA) is 68.5 Å². The molecule has 3 aromatic rings. The maximum Gasteiger partial charge on any atom is 0.342 e. The number of carbonyl (C=O) groups is 1. The number of nitrogens with zero attached hydrogens (tertiary/aromatic N) is 3. The first-order valence-electron chi connectivity index (χ1n) is 7.86. The first kappa shape index (κ1) is 16.9. The summed E-state index contributed by atoms with van der Waals surface area (Å²) in [5.74, 6) is 0.601. The van der Waals surface area contributed by atoms with E-state index in [0.29, 0.717) is 34.1 Å². The Balaban J connectivity index is 2.22. The van der Waals surface area contributed by atoms with E-state index in [0.717, 1.165) is 5.69 Å². The van der Waals surface area contributed by atoms with Crippen molar-refractivity contribution in [3.05, 3.63) is 47.2 Å². The first-order valence-corrected chi connectivity index (χ1v) is 7.86. The van der Waals surface area contributed by atoms with Crippen molar-refractivity contribution in [2.75, 3.05) is 18.6 Å². The Labute approximate surface area is 144 Å². The fourth-order valence-corrected chi connectivity index (χ4v) is 2.68. The third-order valence-electron chi connectivity index (χ3n) is 3.83. The van der Waals surface area contributed by atoms with Crippen molar-refractivity contribution < 1.29 is 18.3 Å². The van der Waals surface area contributed by atoms with Crippen LogP contribution in [0.2, 0.25) is 0 Å². The molecule has 2 aromatic heterocycles. The standard InChI is InChI=1S/C18H18FN3O3/c1-5-24-18(23)14-10(2)25-17-15(14)16(20-11(3)21-17)22(4)13-8-6-12(19)7-9-13/h6-9H,5H2,1-4H3. The highest BCUT2D eigenvalue weighted by molar-refractivity contribution is 6.08. The average molecular weight is 343 g/mol. The van der Waals surface area contributed by atoms with E-state index in [2.05, 4.69) is 9.97 Å². The minimum Gasteiger partial charge on any atom is -0.462 e. The summed E-state index contributed by atoms with van der Waals surface area (Å²) in [6.07, 6.45) is 0. The van der Waals surface area contributed by atoms with E-state index >= 15 is 0 Å². The van der Waals surface area contributed by atoms with Gasteiger partial charge in [0, 0.05) is 12.7 Å². The third kappa shape index (κ3) is 3.05. The predicted octanol–water partition coefficient (Wildman–Crippen LogP) is 3.92. The average Bonchev–Trinajstić information content (AvgIpc) is 2.90. The Morgan fingerprint density at radius 3 is 2.56 bits per heavy atom. The molecule has 0 aliphatic rings. The summed E-state index contributed by atoms with van der Waals surface area (Å²) in [5, 5.41) is 0.480. The smallest absolute Gasteiger partial charge is 0.342 e. The van der Waals surface area contributed by atoms with Gasteiger partial charge in [0.05, 0.1) is 12.0 Å². The molecule has 0 bridgehead atoms. The number of carbonyl (C=O) groups excluding carboxylic acids is 1. The molecule has 0 radical (unpaired) electrons. The maximum atomic E-state index is 13.2. The number of ether oxygens (including phenoxy) is 1. The Morgan fingerprint density at radius 1 is 1.24 bits per heavy atom. The lowest BCUT2D eigenvalue weighted by Gasteiger charge is -2.19. The summed E-state index contributed by atoms with van der Waals surface area (Å²) in [6, 6.07) is 6.00. The van der Waals surface area contributed by atoms with Gasteiger partial charge in [0.15, 0.2) is 0 Å². The van der Waals surface area contributed by atoms with Gasteiger partial charge in [-0.1, -0.05) is 0 Å². The maximum absolute atomic E-state index is 13.2. The molecule has 0 aliphatic carbocycles. The molecule has 130 valence electrons. The van der Waals surface area contributed by atoms with Gasteiger partial charge in [0.25, 0.3) is 0 Å². The monoisotopic (exact) mass is 343 g/mol. The summed E-state index contributed by atoms with van der Waals surface area (Å²) in [6.45, 7) is 5.41. The van der Waals surface area contributed by atoms with Gasteiger partial charge in [0.2, 0.25) is 5.71 Å². The van der Waals surface area contributed by atoms with E-state index in [1.165, 1.54) is 12.1 Å². The van der Waals surface area contributed by atoms with Gasteiger partial charge < -0.3 is 14.1 Å². The zero-order valence-corrected chi connectivity index (χ0v) is 14.5. The molecule has 0 saturated carbocycles. The molecular formula is C18H18FN3O3. The second kappa shape index (κ2) is 6.51. The Morgan fingerprint density at radius 2 is 1.92 bits per heavy atom. The van der Waals surface area contributed by atoms with Crippen LogP contribution in [-0.4, -0.2) is 29.6 Å². The van der Waals surface area contributed by atoms with Crippen LogP contribution in [0.4, 0.5) is 15.9 Å². The van der Waals surface area contributed by atoms with Crippen molar-refractivity contribution in [1.82, 2.24) is 9.97 Å². The van der Waals surface area contributed by atoms with Crippen molar-refractivity contribution in [1.29, 1.82) is 0 Å². The molecule has 0 fully saturated rings. The fourth-order valence-electron chi connectivity index (χ4n) is 2.68. The number of aromatic nitrogens is 2. The van der Waals surface area contributed by atoms with Crippen LogP contribution < -0.4 is 4.90 Å². The highest BCUT2D eigenvalue weighted by atomic mass is 19.1. The van der Waals surface area contributed by atoms with Crippen molar-refractivity contribution >= 4 is 28.6 Å². The van der Waals surface area contributed by atoms with Crippen molar-refractivity contribution in [3.8, 4) is 0 Å². The minimum atomic E-state index is -0.486. The van der Waals surface area contributed by atoms with Crippen LogP contribution in [-0.2, 0) is 4.74 Å². The van der Waals surface area contributed by atoms with E-state index in [4.69, 9.17) is 9.15 Å². The Kier molecular flexibility index (Phi) is 4.39. The normalized spacial score (nSPS) is 10.9. The number of furan rings is 1. The number of hydrogen-bond donors (Lipinski definition) is 0. The van der Waals surface area contributed by atoms with E-state index < -0.39 is 5.97 Å². The number of anilines is 2. The molecular weight excluding hydrogens is 325 g/mol. The van der Waals surface area contributed by atoms with Crippen LogP contribution in [0, 0.1) is 19.7 Å². The van der Waals surface area contributed by atoms with Gasteiger partial charge in [-0.25, -0.2) is 14.2 Å². The number of hydrogen-bond acceptors (Lipinski definition) is 6. The molecule has 3 rings (SSSR count). The van der Waals surface area contributed by atoms with Crippen LogP contribution >= 0.6 is 0 Å². The largest absolute Gasteiger partial charge is 0.462 e. The molecule has 1 aromatic carbocycles. The van der Waals surface area contributed by atoms with E-state index in [1.807, 2.05) is 0 Å². The summed E-state index contributed by atoms with van der Waals surface area (Å²) in [4.78, 5) is 22.9. The van der Waals surface area contributed by atoms with Gasteiger partial charge in [-0.15, -0.1) is 0 Å². The van der Waals surface area contributed by atoms with E-state index in [1.54, 1.807) is 44.9 Å². The fraction of sp³-hybridized carbons (Fsp3) is 0.278. The summed E-state index contributed by atoms with van der Waals surface area (Å²) >= 11 is 0. The van der Waals surface area contributed by atoms with Gasteiger partial charge in [-0.05, 0) is 45.0 Å². The Bertz CT molecular complexity index is 935. The van der Waals surface area contributed by atoms with Crippen LogP contribution in [0.3, 0.4) is 0 Å². The lowest BCUT2D eigenvalue weighted by atomic mass is 10.1. The van der Waals surface area contributed by atoms with Gasteiger partial charge in [-0.2, -0.15) is 4.98 Å². The molecule has 0 unspecified atom stereocenters. The molecule has 0 spiro atoms. The van der Waals surface area contributed by atoms with Gasteiger partial charge in [0.1, 0.15) is 28.8 Å². The van der Waals surface area contributed by atoms with E-state index in [-0.39, 0.29) is 12.4 Å². The van der Waals surface area contributed by atoms with Crippen molar-refractivity contribution in [2.24, 2.45) is 0 Å². The Hall–Kier alpha value is -2.96. The molecule has 0 saturated heterocycles. The molecule has 0 N–H and O–H groups in total. The molecule has 0 amide bonds. The van der Waals surface area contributed by atoms with Crippen LogP contribution in [0.25, 0.3) is 11.1 Å². The van der Waals surface area contributed by atoms with Gasteiger partial charge in [-0.3, -0.25) is 0 Å². The third-order valence-corrected chi connectivity index (χ3v) is 3.83. The second-order valence-corrected chi connectivity index (χ2v) is 5.56. The van der Waals surface area contributed by atoms with E-state index in [9.17, 15) is 9.18 Å². The molecule has 2 heterocycles. The quantitative estimate of drug-likeness (QED) is 0.669. The second-order valence-electron chi connectivity index (χ2n) is 5.56. The number of fused-ring (bicyclic) bond motifs is 1. The van der Waals surface area contributed by atoms with Crippen LogP contribution in [0.5, 0.6) is 0 Å². The minimum absolute atomic E-state index is 0.251. The summed E-state index contributed by atoms with van der Waals surface area (Å²) in [7, 11) is 1.78. The number of benzene rings is 1. The SMILES string of the molecule is CCOC(=O)c1c(C)oc2nc(C)nc(N(C)c3ccc(F)cc3)c12. The summed E-state index contributed by atoms with van der Waals surface area (Å²) in [5.41, 5.74) is 1.34. The number of esters is 1.